The largest absolute Gasteiger partial charge is 0.501 e. The van der Waals surface area contributed by atoms with Crippen molar-refractivity contribution in [1.29, 1.82) is 0 Å². The zero-order chi connectivity index (χ0) is 7.56. The molecule has 0 aliphatic heterocycles. The summed E-state index contributed by atoms with van der Waals surface area (Å²) in [5, 5.41) is 16.0. The van der Waals surface area contributed by atoms with E-state index in [1.807, 2.05) is 0 Å². The van der Waals surface area contributed by atoms with Crippen molar-refractivity contribution in [2.75, 3.05) is 0 Å². The van der Waals surface area contributed by atoms with Gasteiger partial charge >= 0.3 is 0 Å². The smallest absolute Gasteiger partial charge is 0.176 e. The number of thiol groups is 1. The molecule has 0 aromatic carbocycles. The fourth-order valence-electron chi connectivity index (χ4n) is 0.406. The van der Waals surface area contributed by atoms with Crippen molar-refractivity contribution in [3.05, 3.63) is 10.5 Å². The Hall–Kier alpha value is -0.200. The average molecular weight is 192 g/mol. The van der Waals surface area contributed by atoms with Crippen molar-refractivity contribution < 1.29 is 5.11 Å². The summed E-state index contributed by atoms with van der Waals surface area (Å²) >= 11 is 9.79. The van der Waals surface area contributed by atoms with Crippen LogP contribution in [0.2, 0.25) is 0 Å². The maximum absolute atomic E-state index is 8.79. The van der Waals surface area contributed by atoms with Gasteiger partial charge in [-0.05, 0) is 12.2 Å². The Kier molecular flexibility index (Phi) is 2.58. The average Bonchev–Trinajstić information content (AvgIpc) is 2.36. The zero-order valence-corrected chi connectivity index (χ0v) is 7.29. The van der Waals surface area contributed by atoms with Gasteiger partial charge in [-0.15, -0.1) is 21.5 Å². The fraction of sp³-hybridized carbons (Fsp3) is 0.250. The normalized spacial score (nSPS) is 12.9. The monoisotopic (exact) mass is 192 g/mol. The summed E-state index contributed by atoms with van der Waals surface area (Å²) in [5.74, 6) is 0. The van der Waals surface area contributed by atoms with Crippen LogP contribution < -0.4 is 0 Å². The third-order valence-electron chi connectivity index (χ3n) is 0.845. The number of thiocarbonyl (C=S) groups is 1. The standard InChI is InChI=1S/C4H4N2OS3/c7-4(9)2(8)3-6-5-1-10-3/h1-2,8H,(H,7,9). The highest BCUT2D eigenvalue weighted by Gasteiger charge is 2.13. The summed E-state index contributed by atoms with van der Waals surface area (Å²) in [7, 11) is 0. The van der Waals surface area contributed by atoms with Crippen LogP contribution in [0.1, 0.15) is 10.3 Å². The highest BCUT2D eigenvalue weighted by molar-refractivity contribution is 7.86. The Morgan fingerprint density at radius 1 is 1.90 bits per heavy atom. The number of aromatic nitrogens is 2. The quantitative estimate of drug-likeness (QED) is 0.549. The number of aliphatic hydroxyl groups is 1. The maximum atomic E-state index is 8.79. The molecule has 0 amide bonds. The molecule has 10 heavy (non-hydrogen) atoms. The first-order valence-electron chi connectivity index (χ1n) is 2.38. The van der Waals surface area contributed by atoms with Gasteiger partial charge in [0.25, 0.3) is 0 Å². The third-order valence-corrected chi connectivity index (χ3v) is 2.68. The topological polar surface area (TPSA) is 46.0 Å². The Morgan fingerprint density at radius 2 is 2.60 bits per heavy atom. The molecule has 1 aromatic rings. The molecule has 1 unspecified atom stereocenters. The highest BCUT2D eigenvalue weighted by Crippen LogP contribution is 2.21. The second-order valence-electron chi connectivity index (χ2n) is 1.52. The second-order valence-corrected chi connectivity index (χ2v) is 3.32. The van der Waals surface area contributed by atoms with Crippen LogP contribution in [0.4, 0.5) is 0 Å². The summed E-state index contributed by atoms with van der Waals surface area (Å²) in [6.45, 7) is 0. The van der Waals surface area contributed by atoms with Crippen molar-refractivity contribution in [2.24, 2.45) is 0 Å². The van der Waals surface area contributed by atoms with Crippen LogP contribution in [0.25, 0.3) is 0 Å². The Morgan fingerprint density at radius 3 is 3.00 bits per heavy atom. The molecule has 1 aromatic heterocycles. The summed E-state index contributed by atoms with van der Waals surface area (Å²) in [6.07, 6.45) is 0. The van der Waals surface area contributed by atoms with E-state index >= 15 is 0 Å². The van der Waals surface area contributed by atoms with Crippen LogP contribution in [0.15, 0.2) is 5.51 Å². The van der Waals surface area contributed by atoms with Crippen LogP contribution in [0.3, 0.4) is 0 Å². The van der Waals surface area contributed by atoms with Crippen molar-refractivity contribution in [3.8, 4) is 0 Å². The lowest BCUT2D eigenvalue weighted by Gasteiger charge is -1.99. The van der Waals surface area contributed by atoms with Gasteiger partial charge in [0.15, 0.2) is 5.05 Å². The molecule has 0 bridgehead atoms. The van der Waals surface area contributed by atoms with E-state index in [1.165, 1.54) is 11.3 Å². The molecule has 1 atom stereocenters. The molecule has 1 heterocycles. The maximum Gasteiger partial charge on any atom is 0.176 e. The lowest BCUT2D eigenvalue weighted by molar-refractivity contribution is 0.553. The minimum atomic E-state index is -0.470. The predicted octanol–water partition coefficient (Wildman–Crippen LogP) is 1.39. The predicted molar refractivity (Wildman–Crippen MR) is 46.9 cm³/mol. The molecule has 3 nitrogen and oxygen atoms in total. The van der Waals surface area contributed by atoms with Crippen molar-refractivity contribution in [3.63, 3.8) is 0 Å². The molecular formula is C4H4N2OS3. The van der Waals surface area contributed by atoms with E-state index in [0.717, 1.165) is 0 Å². The lowest BCUT2D eigenvalue weighted by atomic mass is 10.5. The summed E-state index contributed by atoms with van der Waals surface area (Å²) in [5.41, 5.74) is 1.57. The second kappa shape index (κ2) is 3.27. The van der Waals surface area contributed by atoms with E-state index in [9.17, 15) is 0 Å². The first kappa shape index (κ1) is 7.90. The van der Waals surface area contributed by atoms with Crippen molar-refractivity contribution in [1.82, 2.24) is 10.2 Å². The van der Waals surface area contributed by atoms with Gasteiger partial charge < -0.3 is 5.11 Å². The molecule has 0 radical (unpaired) electrons. The molecule has 0 aliphatic rings. The fourth-order valence-corrected chi connectivity index (χ4v) is 1.36. The van der Waals surface area contributed by atoms with Gasteiger partial charge in [0, 0.05) is 0 Å². The number of rotatable bonds is 2. The van der Waals surface area contributed by atoms with Gasteiger partial charge in [-0.3, -0.25) is 0 Å². The van der Waals surface area contributed by atoms with E-state index < -0.39 is 5.25 Å². The molecule has 0 saturated carbocycles. The van der Waals surface area contributed by atoms with E-state index in [-0.39, 0.29) is 5.05 Å². The Bertz CT molecular complexity index is 222. The highest BCUT2D eigenvalue weighted by atomic mass is 32.1. The Labute approximate surface area is 72.5 Å². The molecule has 0 spiro atoms. The number of nitrogens with zero attached hydrogens (tertiary/aromatic N) is 2. The molecule has 1 N–H and O–H groups in total. The third kappa shape index (κ3) is 1.65. The molecule has 0 saturated heterocycles. The summed E-state index contributed by atoms with van der Waals surface area (Å²) in [4.78, 5) is 0. The van der Waals surface area contributed by atoms with E-state index in [4.69, 9.17) is 5.11 Å². The van der Waals surface area contributed by atoms with Crippen LogP contribution in [0, 0.1) is 0 Å². The Balaban J connectivity index is 2.77. The summed E-state index contributed by atoms with van der Waals surface area (Å²) in [6, 6.07) is 0. The first-order valence-corrected chi connectivity index (χ1v) is 4.19. The van der Waals surface area contributed by atoms with Gasteiger partial charge in [-0.25, -0.2) is 0 Å². The van der Waals surface area contributed by atoms with Gasteiger partial charge in [-0.2, -0.15) is 12.6 Å². The van der Waals surface area contributed by atoms with Crippen molar-refractivity contribution in [2.45, 2.75) is 5.25 Å². The SMILES string of the molecule is OC(=S)C(S)c1nncs1. The first-order chi connectivity index (χ1) is 4.72. The van der Waals surface area contributed by atoms with E-state index in [2.05, 4.69) is 35.0 Å². The van der Waals surface area contributed by atoms with Crippen molar-refractivity contribution >= 4 is 41.2 Å². The van der Waals surface area contributed by atoms with Crippen LogP contribution in [0.5, 0.6) is 0 Å². The van der Waals surface area contributed by atoms with Gasteiger partial charge in [0.2, 0.25) is 0 Å². The number of hydrogen-bond donors (Lipinski definition) is 2. The molecule has 1 rings (SSSR count). The van der Waals surface area contributed by atoms with Crippen LogP contribution >= 0.6 is 36.2 Å². The van der Waals surface area contributed by atoms with Gasteiger partial charge in [-0.1, -0.05) is 0 Å². The molecule has 6 heteroatoms. The summed E-state index contributed by atoms with van der Waals surface area (Å²) < 4.78 is 0. The van der Waals surface area contributed by atoms with Crippen LogP contribution in [-0.2, 0) is 0 Å². The van der Waals surface area contributed by atoms with Crippen LogP contribution in [-0.4, -0.2) is 20.4 Å². The molecule has 0 fully saturated rings. The molecular weight excluding hydrogens is 188 g/mol. The minimum Gasteiger partial charge on any atom is -0.501 e. The number of hydrogen-bond acceptors (Lipinski definition) is 5. The van der Waals surface area contributed by atoms with Gasteiger partial charge in [0.1, 0.15) is 15.8 Å². The van der Waals surface area contributed by atoms with Gasteiger partial charge in [0.05, 0.1) is 0 Å². The minimum absolute atomic E-state index is 0.167. The molecule has 54 valence electrons. The zero-order valence-electron chi connectivity index (χ0n) is 4.76. The molecule has 0 aliphatic carbocycles. The lowest BCUT2D eigenvalue weighted by Crippen LogP contribution is -2.01. The van der Waals surface area contributed by atoms with E-state index in [1.54, 1.807) is 5.51 Å². The number of aliphatic hydroxyl groups excluding tert-OH is 1. The van der Waals surface area contributed by atoms with E-state index in [0.29, 0.717) is 5.01 Å².